The first kappa shape index (κ1) is 17.9. The number of rotatable bonds is 3. The van der Waals surface area contributed by atoms with Gasteiger partial charge in [-0.1, -0.05) is 0 Å². The van der Waals surface area contributed by atoms with E-state index in [1.165, 1.54) is 0 Å². The van der Waals surface area contributed by atoms with E-state index in [4.69, 9.17) is 0 Å². The zero-order chi connectivity index (χ0) is 16.5. The highest BCUT2D eigenvalue weighted by atomic mass is 19.4. The highest BCUT2D eigenvalue weighted by molar-refractivity contribution is 4.95. The van der Waals surface area contributed by atoms with Crippen LogP contribution in [0.4, 0.5) is 13.2 Å². The van der Waals surface area contributed by atoms with Crippen molar-refractivity contribution in [3.05, 3.63) is 0 Å². The predicted molar refractivity (Wildman–Crippen MR) is 72.0 cm³/mol. The molecule has 1 aliphatic heterocycles. The Kier molecular flexibility index (Phi) is 5.71. The Morgan fingerprint density at radius 2 is 1.55 bits per heavy atom. The summed E-state index contributed by atoms with van der Waals surface area (Å²) in [6, 6.07) is -0.696. The van der Waals surface area contributed by atoms with Gasteiger partial charge < -0.3 is 20.4 Å². The van der Waals surface area contributed by atoms with E-state index in [2.05, 4.69) is 0 Å². The average molecular weight is 327 g/mol. The van der Waals surface area contributed by atoms with E-state index in [1.807, 2.05) is 0 Å². The number of hydrogen-bond donors (Lipinski definition) is 4. The molecule has 1 aliphatic carbocycles. The zero-order valence-electron chi connectivity index (χ0n) is 12.3. The lowest BCUT2D eigenvalue weighted by atomic mass is 9.80. The van der Waals surface area contributed by atoms with Crippen molar-refractivity contribution in [3.63, 3.8) is 0 Å². The van der Waals surface area contributed by atoms with E-state index in [0.717, 1.165) is 0 Å². The number of likely N-dealkylation sites (tertiary alicyclic amines) is 1. The van der Waals surface area contributed by atoms with Crippen LogP contribution in [-0.2, 0) is 0 Å². The van der Waals surface area contributed by atoms with Gasteiger partial charge in [-0.15, -0.1) is 0 Å². The number of alkyl halides is 3. The summed E-state index contributed by atoms with van der Waals surface area (Å²) in [6.07, 6.45) is -6.76. The number of nitrogens with zero attached hydrogens (tertiary/aromatic N) is 1. The maximum Gasteiger partial charge on any atom is 0.391 e. The lowest BCUT2D eigenvalue weighted by molar-refractivity contribution is -0.185. The summed E-state index contributed by atoms with van der Waals surface area (Å²) >= 11 is 0. The Morgan fingerprint density at radius 1 is 0.955 bits per heavy atom. The van der Waals surface area contributed by atoms with Crippen molar-refractivity contribution in [1.82, 2.24) is 4.90 Å². The van der Waals surface area contributed by atoms with Gasteiger partial charge in [0, 0.05) is 13.1 Å². The molecule has 1 saturated carbocycles. The van der Waals surface area contributed by atoms with Crippen LogP contribution in [0.15, 0.2) is 0 Å². The SMILES string of the molecule is OC[C@H]1[C@@H](O)[C@H](O)[C@@H](O)CN1C[C@H]1CC[C@@H](C(F)(F)F)CC1. The van der Waals surface area contributed by atoms with Crippen LogP contribution in [0.3, 0.4) is 0 Å². The van der Waals surface area contributed by atoms with Crippen LogP contribution < -0.4 is 0 Å². The molecule has 22 heavy (non-hydrogen) atoms. The number of hydrogen-bond acceptors (Lipinski definition) is 5. The fourth-order valence-corrected chi connectivity index (χ4v) is 3.59. The minimum atomic E-state index is -4.14. The van der Waals surface area contributed by atoms with E-state index < -0.39 is 36.4 Å². The molecule has 2 rings (SSSR count). The maximum atomic E-state index is 12.7. The molecule has 1 heterocycles. The molecular weight excluding hydrogens is 303 g/mol. The van der Waals surface area contributed by atoms with Crippen molar-refractivity contribution in [2.24, 2.45) is 11.8 Å². The normalized spacial score (nSPS) is 41.6. The lowest BCUT2D eigenvalue weighted by Gasteiger charge is -2.45. The van der Waals surface area contributed by atoms with Crippen LogP contribution in [0.2, 0.25) is 0 Å². The molecule has 130 valence electrons. The van der Waals surface area contributed by atoms with E-state index in [-0.39, 0.29) is 31.9 Å². The molecule has 1 saturated heterocycles. The molecule has 0 aromatic carbocycles. The smallest absolute Gasteiger partial charge is 0.391 e. The van der Waals surface area contributed by atoms with Crippen LogP contribution in [0.5, 0.6) is 0 Å². The first-order valence-corrected chi connectivity index (χ1v) is 7.69. The fourth-order valence-electron chi connectivity index (χ4n) is 3.59. The Balaban J connectivity index is 1.90. The third kappa shape index (κ3) is 3.91. The summed E-state index contributed by atoms with van der Waals surface area (Å²) in [5.74, 6) is -1.20. The molecule has 2 fully saturated rings. The second-order valence-electron chi connectivity index (χ2n) is 6.51. The van der Waals surface area contributed by atoms with Gasteiger partial charge in [0.1, 0.15) is 12.2 Å². The minimum absolute atomic E-state index is 0.0438. The van der Waals surface area contributed by atoms with Gasteiger partial charge in [0.25, 0.3) is 0 Å². The summed E-state index contributed by atoms with van der Waals surface area (Å²) in [6.45, 7) is 0.141. The van der Waals surface area contributed by atoms with Crippen LogP contribution in [0, 0.1) is 11.8 Å². The fraction of sp³-hybridized carbons (Fsp3) is 1.00. The summed E-state index contributed by atoms with van der Waals surface area (Å²) in [7, 11) is 0. The topological polar surface area (TPSA) is 84.2 Å². The van der Waals surface area contributed by atoms with Crippen molar-refractivity contribution >= 4 is 0 Å². The van der Waals surface area contributed by atoms with Crippen LogP contribution in [0.25, 0.3) is 0 Å². The highest BCUT2D eigenvalue weighted by Crippen LogP contribution is 2.40. The quantitative estimate of drug-likeness (QED) is 0.592. The van der Waals surface area contributed by atoms with E-state index in [9.17, 15) is 33.6 Å². The molecule has 0 aromatic rings. The molecule has 0 radical (unpaired) electrons. The second-order valence-corrected chi connectivity index (χ2v) is 6.51. The lowest BCUT2D eigenvalue weighted by Crippen LogP contribution is -2.63. The van der Waals surface area contributed by atoms with E-state index >= 15 is 0 Å². The third-order valence-corrected chi connectivity index (χ3v) is 5.02. The number of halogens is 3. The van der Waals surface area contributed by atoms with Gasteiger partial charge in [0.2, 0.25) is 0 Å². The summed E-state index contributed by atoms with van der Waals surface area (Å²) < 4.78 is 38.0. The molecule has 8 heteroatoms. The second kappa shape index (κ2) is 7.00. The molecule has 0 bridgehead atoms. The number of piperidine rings is 1. The van der Waals surface area contributed by atoms with Gasteiger partial charge in [-0.05, 0) is 31.6 Å². The molecule has 5 nitrogen and oxygen atoms in total. The van der Waals surface area contributed by atoms with Crippen LogP contribution in [0.1, 0.15) is 25.7 Å². The van der Waals surface area contributed by atoms with Crippen molar-refractivity contribution < 1.29 is 33.6 Å². The molecule has 4 atom stereocenters. The summed E-state index contributed by atoms with van der Waals surface area (Å²) in [5, 5.41) is 38.6. The van der Waals surface area contributed by atoms with Crippen molar-refractivity contribution in [1.29, 1.82) is 0 Å². The maximum absolute atomic E-state index is 12.7. The molecule has 0 aromatic heterocycles. The average Bonchev–Trinajstić information content (AvgIpc) is 2.45. The van der Waals surface area contributed by atoms with Crippen molar-refractivity contribution in [3.8, 4) is 0 Å². The first-order chi connectivity index (χ1) is 10.2. The van der Waals surface area contributed by atoms with Crippen LogP contribution >= 0.6 is 0 Å². The molecule has 2 aliphatic rings. The Morgan fingerprint density at radius 3 is 2.05 bits per heavy atom. The van der Waals surface area contributed by atoms with E-state index in [0.29, 0.717) is 19.4 Å². The highest BCUT2D eigenvalue weighted by Gasteiger charge is 2.44. The molecular formula is C14H24F3NO4. The third-order valence-electron chi connectivity index (χ3n) is 5.02. The predicted octanol–water partition coefficient (Wildman–Crippen LogP) is 0.114. The summed E-state index contributed by atoms with van der Waals surface area (Å²) in [5.41, 5.74) is 0. The Hall–Kier alpha value is -0.410. The number of aliphatic hydroxyl groups is 4. The van der Waals surface area contributed by atoms with Crippen molar-refractivity contribution in [2.75, 3.05) is 19.7 Å². The van der Waals surface area contributed by atoms with Gasteiger partial charge >= 0.3 is 6.18 Å². The minimum Gasteiger partial charge on any atom is -0.395 e. The van der Waals surface area contributed by atoms with Gasteiger partial charge in [-0.25, -0.2) is 0 Å². The largest absolute Gasteiger partial charge is 0.395 e. The van der Waals surface area contributed by atoms with Gasteiger partial charge in [0.05, 0.1) is 24.7 Å². The van der Waals surface area contributed by atoms with Crippen molar-refractivity contribution in [2.45, 2.75) is 56.2 Å². The monoisotopic (exact) mass is 327 g/mol. The molecule has 4 N–H and O–H groups in total. The zero-order valence-corrected chi connectivity index (χ0v) is 12.3. The summed E-state index contributed by atoms with van der Waals surface area (Å²) in [4.78, 5) is 1.68. The van der Waals surface area contributed by atoms with Gasteiger partial charge in [0.15, 0.2) is 0 Å². The molecule has 0 unspecified atom stereocenters. The van der Waals surface area contributed by atoms with Gasteiger partial charge in [-0.3, -0.25) is 4.90 Å². The molecule has 0 spiro atoms. The van der Waals surface area contributed by atoms with Gasteiger partial charge in [-0.2, -0.15) is 13.2 Å². The Bertz CT molecular complexity index is 360. The Labute approximate surface area is 127 Å². The van der Waals surface area contributed by atoms with Crippen LogP contribution in [-0.4, -0.2) is 75.6 Å². The number of aliphatic hydroxyl groups excluding tert-OH is 4. The van der Waals surface area contributed by atoms with E-state index in [1.54, 1.807) is 4.90 Å². The standard InChI is InChI=1S/C14H24F3NO4/c15-14(16,17)9-3-1-8(2-4-9)5-18-6-11(20)13(22)12(21)10(18)7-19/h8-13,19-22H,1-7H2/t8-,9+,10-,11-,12+,13+/m0/s1. The first-order valence-electron chi connectivity index (χ1n) is 7.69. The number of β-amino-alcohol motifs (C(OH)–C–C–N with tert-alkyl or cyclic N) is 1. The molecule has 0 amide bonds.